The Hall–Kier alpha value is -2.88. The van der Waals surface area contributed by atoms with Gasteiger partial charge in [-0.2, -0.15) is 0 Å². The molecular formula is C23H14Cl2O3. The molecule has 0 spiro atoms. The van der Waals surface area contributed by atoms with Crippen LogP contribution in [0.2, 0.25) is 10.0 Å². The Morgan fingerprint density at radius 2 is 1.68 bits per heavy atom. The van der Waals surface area contributed by atoms with E-state index in [-0.39, 0.29) is 11.3 Å². The van der Waals surface area contributed by atoms with E-state index < -0.39 is 5.97 Å². The van der Waals surface area contributed by atoms with Gasteiger partial charge in [0.15, 0.2) is 5.78 Å². The van der Waals surface area contributed by atoms with Crippen LogP contribution in [0, 0.1) is 0 Å². The Morgan fingerprint density at radius 1 is 0.929 bits per heavy atom. The van der Waals surface area contributed by atoms with Crippen molar-refractivity contribution in [3.63, 3.8) is 0 Å². The van der Waals surface area contributed by atoms with Gasteiger partial charge in [-0.1, -0.05) is 59.6 Å². The summed E-state index contributed by atoms with van der Waals surface area (Å²) in [6.07, 6.45) is 2.43. The second-order valence-corrected chi connectivity index (χ2v) is 7.33. The lowest BCUT2D eigenvalue weighted by atomic mass is 10.1. The summed E-state index contributed by atoms with van der Waals surface area (Å²) < 4.78 is 5.43. The third kappa shape index (κ3) is 3.86. The minimum absolute atomic E-state index is 0.0339. The molecule has 0 aromatic heterocycles. The second-order valence-electron chi connectivity index (χ2n) is 6.45. The third-order valence-electron chi connectivity index (χ3n) is 4.44. The molecule has 0 atom stereocenters. The van der Waals surface area contributed by atoms with E-state index in [1.807, 2.05) is 36.4 Å². The van der Waals surface area contributed by atoms with Crippen LogP contribution in [0.5, 0.6) is 5.75 Å². The van der Waals surface area contributed by atoms with Crippen LogP contribution in [0.15, 0.2) is 72.3 Å². The highest BCUT2D eigenvalue weighted by Crippen LogP contribution is 2.28. The molecule has 0 saturated carbocycles. The number of allylic oxidation sites excluding steroid dienone is 1. The van der Waals surface area contributed by atoms with Gasteiger partial charge in [-0.15, -0.1) is 0 Å². The fourth-order valence-electron chi connectivity index (χ4n) is 3.18. The summed E-state index contributed by atoms with van der Waals surface area (Å²) in [4.78, 5) is 24.9. The number of Topliss-reactive ketones (excluding diaryl/α,β-unsaturated/α-hetero) is 1. The van der Waals surface area contributed by atoms with E-state index in [2.05, 4.69) is 0 Å². The predicted molar refractivity (Wildman–Crippen MR) is 110 cm³/mol. The average molecular weight is 409 g/mol. The van der Waals surface area contributed by atoms with Gasteiger partial charge in [-0.25, -0.2) is 4.79 Å². The summed E-state index contributed by atoms with van der Waals surface area (Å²) in [5.74, 6) is -0.150. The first kappa shape index (κ1) is 18.5. The van der Waals surface area contributed by atoms with Crippen LogP contribution in [0.3, 0.4) is 0 Å². The van der Waals surface area contributed by atoms with Gasteiger partial charge in [0.2, 0.25) is 0 Å². The molecule has 4 rings (SSSR count). The number of hydrogen-bond donors (Lipinski definition) is 0. The Kier molecular flexibility index (Phi) is 5.03. The van der Waals surface area contributed by atoms with Crippen LogP contribution in [0.25, 0.3) is 6.08 Å². The summed E-state index contributed by atoms with van der Waals surface area (Å²) in [6, 6.07) is 19.2. The van der Waals surface area contributed by atoms with Crippen molar-refractivity contribution in [2.75, 3.05) is 0 Å². The molecule has 1 aliphatic rings. The minimum atomic E-state index is -0.557. The van der Waals surface area contributed by atoms with Crippen LogP contribution in [-0.4, -0.2) is 11.8 Å². The number of halogens is 2. The summed E-state index contributed by atoms with van der Waals surface area (Å²) in [5, 5.41) is 0.717. The smallest absolute Gasteiger partial charge is 0.343 e. The van der Waals surface area contributed by atoms with Crippen molar-refractivity contribution in [3.8, 4) is 5.75 Å². The highest BCUT2D eigenvalue weighted by Gasteiger charge is 2.23. The van der Waals surface area contributed by atoms with Crippen molar-refractivity contribution in [1.29, 1.82) is 0 Å². The van der Waals surface area contributed by atoms with Crippen LogP contribution < -0.4 is 4.74 Å². The molecule has 138 valence electrons. The molecule has 0 fully saturated rings. The zero-order chi connectivity index (χ0) is 19.7. The minimum Gasteiger partial charge on any atom is -0.423 e. The fourth-order valence-corrected chi connectivity index (χ4v) is 3.70. The van der Waals surface area contributed by atoms with E-state index in [0.29, 0.717) is 27.8 Å². The Morgan fingerprint density at radius 3 is 2.43 bits per heavy atom. The maximum absolute atomic E-state index is 12.5. The number of ketones is 1. The molecule has 0 unspecified atom stereocenters. The molecule has 28 heavy (non-hydrogen) atoms. The molecule has 5 heteroatoms. The molecule has 3 aromatic carbocycles. The van der Waals surface area contributed by atoms with Gasteiger partial charge in [-0.3, -0.25) is 4.79 Å². The molecule has 1 aliphatic carbocycles. The molecule has 0 amide bonds. The lowest BCUT2D eigenvalue weighted by Gasteiger charge is -2.06. The zero-order valence-electron chi connectivity index (χ0n) is 14.6. The van der Waals surface area contributed by atoms with Crippen molar-refractivity contribution >= 4 is 41.0 Å². The summed E-state index contributed by atoms with van der Waals surface area (Å²) >= 11 is 11.9. The van der Waals surface area contributed by atoms with Crippen molar-refractivity contribution in [3.05, 3.63) is 105 Å². The SMILES string of the molecule is O=C(Oc1cccc(/C=C2\Cc3ccccc3C2=O)c1)c1cc(Cl)cc(Cl)c1. The van der Waals surface area contributed by atoms with Gasteiger partial charge in [-0.05, 0) is 47.5 Å². The first-order chi connectivity index (χ1) is 13.5. The second kappa shape index (κ2) is 7.63. The molecule has 0 N–H and O–H groups in total. The lowest BCUT2D eigenvalue weighted by molar-refractivity contribution is 0.0734. The Bertz CT molecular complexity index is 1110. The quantitative estimate of drug-likeness (QED) is 0.301. The largest absolute Gasteiger partial charge is 0.423 e. The number of benzene rings is 3. The zero-order valence-corrected chi connectivity index (χ0v) is 16.1. The van der Waals surface area contributed by atoms with Crippen molar-refractivity contribution in [2.45, 2.75) is 6.42 Å². The topological polar surface area (TPSA) is 43.4 Å². The predicted octanol–water partition coefficient (Wildman–Crippen LogP) is 6.04. The number of carbonyl (C=O) groups excluding carboxylic acids is 2. The van der Waals surface area contributed by atoms with Crippen molar-refractivity contribution < 1.29 is 14.3 Å². The van der Waals surface area contributed by atoms with E-state index >= 15 is 0 Å². The van der Waals surface area contributed by atoms with Crippen LogP contribution in [-0.2, 0) is 6.42 Å². The maximum Gasteiger partial charge on any atom is 0.343 e. The molecule has 3 aromatic rings. The number of rotatable bonds is 3. The third-order valence-corrected chi connectivity index (χ3v) is 4.88. The molecule has 0 heterocycles. The molecular weight excluding hydrogens is 395 g/mol. The highest BCUT2D eigenvalue weighted by atomic mass is 35.5. The Labute approximate surface area is 172 Å². The molecule has 0 saturated heterocycles. The van der Waals surface area contributed by atoms with Crippen molar-refractivity contribution in [1.82, 2.24) is 0 Å². The lowest BCUT2D eigenvalue weighted by Crippen LogP contribution is -2.08. The number of fused-ring (bicyclic) bond motifs is 1. The number of ether oxygens (including phenoxy) is 1. The van der Waals surface area contributed by atoms with Gasteiger partial charge < -0.3 is 4.74 Å². The highest BCUT2D eigenvalue weighted by molar-refractivity contribution is 6.35. The molecule has 0 aliphatic heterocycles. The van der Waals surface area contributed by atoms with E-state index in [0.717, 1.165) is 16.7 Å². The van der Waals surface area contributed by atoms with Crippen molar-refractivity contribution in [2.24, 2.45) is 0 Å². The standard InChI is InChI=1S/C23H14Cl2O3/c24-18-11-17(12-19(25)13-18)23(27)28-20-6-3-4-14(9-20)8-16-10-15-5-1-2-7-21(15)22(16)26/h1-9,11-13H,10H2/b16-8+. The summed E-state index contributed by atoms with van der Waals surface area (Å²) in [7, 11) is 0. The van der Waals surface area contributed by atoms with Crippen LogP contribution >= 0.6 is 23.2 Å². The molecule has 0 radical (unpaired) electrons. The van der Waals surface area contributed by atoms with Gasteiger partial charge in [0.25, 0.3) is 0 Å². The van der Waals surface area contributed by atoms with E-state index in [1.54, 1.807) is 24.3 Å². The van der Waals surface area contributed by atoms with E-state index in [9.17, 15) is 9.59 Å². The first-order valence-electron chi connectivity index (χ1n) is 8.61. The van der Waals surface area contributed by atoms with Gasteiger partial charge >= 0.3 is 5.97 Å². The van der Waals surface area contributed by atoms with Gasteiger partial charge in [0.1, 0.15) is 5.75 Å². The maximum atomic E-state index is 12.5. The summed E-state index contributed by atoms with van der Waals surface area (Å²) in [5.41, 5.74) is 3.54. The number of esters is 1. The van der Waals surface area contributed by atoms with E-state index in [4.69, 9.17) is 27.9 Å². The fraction of sp³-hybridized carbons (Fsp3) is 0.0435. The monoisotopic (exact) mass is 408 g/mol. The first-order valence-corrected chi connectivity index (χ1v) is 9.37. The summed E-state index contributed by atoms with van der Waals surface area (Å²) in [6.45, 7) is 0. The van der Waals surface area contributed by atoms with E-state index in [1.165, 1.54) is 12.1 Å². The van der Waals surface area contributed by atoms with Crippen LogP contribution in [0.1, 0.15) is 31.8 Å². The molecule has 3 nitrogen and oxygen atoms in total. The average Bonchev–Trinajstić information content (AvgIpc) is 2.97. The van der Waals surface area contributed by atoms with Crippen LogP contribution in [0.4, 0.5) is 0 Å². The molecule has 0 bridgehead atoms. The normalized spacial score (nSPS) is 14.2. The number of hydrogen-bond acceptors (Lipinski definition) is 3. The van der Waals surface area contributed by atoms with Gasteiger partial charge in [0.05, 0.1) is 5.56 Å². The van der Waals surface area contributed by atoms with Gasteiger partial charge in [0, 0.05) is 27.6 Å². The Balaban J connectivity index is 1.56. The number of carbonyl (C=O) groups is 2.